The Balaban J connectivity index is 1.53. The molecule has 2 heterocycles. The van der Waals surface area contributed by atoms with Gasteiger partial charge < -0.3 is 20.1 Å². The molecule has 0 aromatic heterocycles. The zero-order chi connectivity index (χ0) is 23.5. The molecule has 2 aliphatic heterocycles. The number of benzene rings is 1. The molecule has 2 N–H and O–H groups in total. The third kappa shape index (κ3) is 5.99. The van der Waals surface area contributed by atoms with Crippen LogP contribution in [-0.2, 0) is 27.4 Å². The van der Waals surface area contributed by atoms with Crippen molar-refractivity contribution in [1.82, 2.24) is 15.1 Å². The van der Waals surface area contributed by atoms with E-state index in [0.29, 0.717) is 44.6 Å². The number of hydrogen-bond donors (Lipinski definition) is 2. The largest absolute Gasteiger partial charge is 0.481 e. The van der Waals surface area contributed by atoms with E-state index in [1.54, 1.807) is 15.9 Å². The summed E-state index contributed by atoms with van der Waals surface area (Å²) in [5.41, 5.74) is 1.95. The van der Waals surface area contributed by atoms with E-state index in [-0.39, 0.29) is 36.8 Å². The average molecular weight is 446 g/mol. The number of ether oxygens (including phenoxy) is 1. The molecule has 3 rings (SSSR count). The first-order chi connectivity index (χ1) is 15.0. The van der Waals surface area contributed by atoms with Gasteiger partial charge in [-0.1, -0.05) is 6.07 Å². The number of likely N-dealkylation sites (tertiary alicyclic amines) is 1. The summed E-state index contributed by atoms with van der Waals surface area (Å²) in [6, 6.07) is 5.51. The van der Waals surface area contributed by atoms with Crippen molar-refractivity contribution in [2.24, 2.45) is 5.92 Å². The second kappa shape index (κ2) is 9.58. The first-order valence-electron chi connectivity index (χ1n) is 10.9. The summed E-state index contributed by atoms with van der Waals surface area (Å²) in [4.78, 5) is 51.4. The molecule has 0 atom stereocenters. The van der Waals surface area contributed by atoms with Crippen LogP contribution < -0.4 is 5.32 Å². The van der Waals surface area contributed by atoms with Gasteiger partial charge in [-0.15, -0.1) is 0 Å². The van der Waals surface area contributed by atoms with Crippen molar-refractivity contribution in [2.75, 3.05) is 19.6 Å². The zero-order valence-corrected chi connectivity index (χ0v) is 18.8. The molecule has 0 unspecified atom stereocenters. The van der Waals surface area contributed by atoms with Crippen molar-refractivity contribution in [3.63, 3.8) is 0 Å². The fourth-order valence-corrected chi connectivity index (χ4v) is 3.95. The van der Waals surface area contributed by atoms with E-state index in [0.717, 1.165) is 11.1 Å². The smallest absolute Gasteiger partial charge is 0.410 e. The Morgan fingerprint density at radius 2 is 1.72 bits per heavy atom. The topological polar surface area (TPSA) is 116 Å². The number of carboxylic acids is 1. The molecule has 3 amide bonds. The number of nitrogens with one attached hydrogen (secondary N) is 1. The molecule has 2 aliphatic rings. The SMILES string of the molecule is CC(C)(C)OC(=O)N1Cc2ccc(C(=O)N3CCC(C(=O)NCCC(=O)O)CC3)cc2C1. The average Bonchev–Trinajstić information content (AvgIpc) is 3.15. The number of hydrogen-bond acceptors (Lipinski definition) is 5. The normalized spacial score (nSPS) is 16.5. The number of rotatable bonds is 5. The van der Waals surface area contributed by atoms with E-state index < -0.39 is 11.6 Å². The van der Waals surface area contributed by atoms with E-state index in [2.05, 4.69) is 5.32 Å². The van der Waals surface area contributed by atoms with E-state index in [1.165, 1.54) is 0 Å². The van der Waals surface area contributed by atoms with Crippen LogP contribution in [0.1, 0.15) is 61.5 Å². The van der Waals surface area contributed by atoms with Crippen LogP contribution >= 0.6 is 0 Å². The number of aliphatic carboxylic acids is 1. The first kappa shape index (κ1) is 23.6. The molecular weight excluding hydrogens is 414 g/mol. The fraction of sp³-hybridized carbons (Fsp3) is 0.565. The Labute approximate surface area is 187 Å². The molecule has 0 aliphatic carbocycles. The molecule has 9 heteroatoms. The van der Waals surface area contributed by atoms with Crippen LogP contribution in [0.4, 0.5) is 4.79 Å². The van der Waals surface area contributed by atoms with Crippen molar-refractivity contribution in [3.05, 3.63) is 34.9 Å². The lowest BCUT2D eigenvalue weighted by Crippen LogP contribution is -2.43. The minimum absolute atomic E-state index is 0.0896. The third-order valence-electron chi connectivity index (χ3n) is 5.62. The molecule has 174 valence electrons. The third-order valence-corrected chi connectivity index (χ3v) is 5.62. The maximum absolute atomic E-state index is 13.0. The maximum Gasteiger partial charge on any atom is 0.410 e. The molecular formula is C23H31N3O6. The number of carbonyl (C=O) groups excluding carboxylic acids is 3. The number of carboxylic acid groups (broad SMARTS) is 1. The highest BCUT2D eigenvalue weighted by Crippen LogP contribution is 2.27. The van der Waals surface area contributed by atoms with Gasteiger partial charge in [-0.3, -0.25) is 19.3 Å². The number of carbonyl (C=O) groups is 4. The highest BCUT2D eigenvalue weighted by atomic mass is 16.6. The monoisotopic (exact) mass is 445 g/mol. The second-order valence-electron chi connectivity index (χ2n) is 9.32. The van der Waals surface area contributed by atoms with Gasteiger partial charge >= 0.3 is 12.1 Å². The van der Waals surface area contributed by atoms with Gasteiger partial charge in [0.15, 0.2) is 0 Å². The summed E-state index contributed by atoms with van der Waals surface area (Å²) >= 11 is 0. The van der Waals surface area contributed by atoms with E-state index >= 15 is 0 Å². The lowest BCUT2D eigenvalue weighted by molar-refractivity contribution is -0.137. The zero-order valence-electron chi connectivity index (χ0n) is 18.8. The van der Waals surface area contributed by atoms with Gasteiger partial charge in [0, 0.05) is 44.2 Å². The van der Waals surface area contributed by atoms with Crippen LogP contribution in [0.25, 0.3) is 0 Å². The Morgan fingerprint density at radius 1 is 1.06 bits per heavy atom. The van der Waals surface area contributed by atoms with Crippen LogP contribution in [-0.4, -0.2) is 64.0 Å². The summed E-state index contributed by atoms with van der Waals surface area (Å²) in [6.07, 6.45) is 0.613. The molecule has 9 nitrogen and oxygen atoms in total. The van der Waals surface area contributed by atoms with Crippen molar-refractivity contribution < 1.29 is 29.0 Å². The quantitative estimate of drug-likeness (QED) is 0.719. The second-order valence-corrected chi connectivity index (χ2v) is 9.32. The van der Waals surface area contributed by atoms with Crippen molar-refractivity contribution in [3.8, 4) is 0 Å². The van der Waals surface area contributed by atoms with Crippen molar-refractivity contribution in [2.45, 2.75) is 58.7 Å². The fourth-order valence-electron chi connectivity index (χ4n) is 3.95. The van der Waals surface area contributed by atoms with Gasteiger partial charge in [-0.05, 0) is 56.9 Å². The predicted molar refractivity (Wildman–Crippen MR) is 116 cm³/mol. The van der Waals surface area contributed by atoms with Gasteiger partial charge in [0.05, 0.1) is 6.42 Å². The van der Waals surface area contributed by atoms with Crippen LogP contribution in [0.5, 0.6) is 0 Å². The van der Waals surface area contributed by atoms with Gasteiger partial charge in [0.1, 0.15) is 5.60 Å². The Hall–Kier alpha value is -3.10. The van der Waals surface area contributed by atoms with Gasteiger partial charge in [-0.2, -0.15) is 0 Å². The summed E-state index contributed by atoms with van der Waals surface area (Å²) in [5.74, 6) is -1.41. The lowest BCUT2D eigenvalue weighted by atomic mass is 9.95. The van der Waals surface area contributed by atoms with Crippen molar-refractivity contribution >= 4 is 23.9 Å². The standard InChI is InChI=1S/C23H31N3O6/c1-23(2,3)32-22(31)26-13-17-5-4-16(12-18(17)14-26)21(30)25-10-7-15(8-11-25)20(29)24-9-6-19(27)28/h4-5,12,15H,6-11,13-14H2,1-3H3,(H,24,29)(H,27,28). The number of piperidine rings is 1. The summed E-state index contributed by atoms with van der Waals surface area (Å²) in [6.45, 7) is 7.40. The Bertz CT molecular complexity index is 899. The van der Waals surface area contributed by atoms with E-state index in [4.69, 9.17) is 9.84 Å². The predicted octanol–water partition coefficient (Wildman–Crippen LogP) is 2.38. The summed E-state index contributed by atoms with van der Waals surface area (Å²) in [5, 5.41) is 11.3. The molecule has 0 spiro atoms. The number of fused-ring (bicyclic) bond motifs is 1. The molecule has 0 bridgehead atoms. The van der Waals surface area contributed by atoms with Gasteiger partial charge in [0.25, 0.3) is 5.91 Å². The van der Waals surface area contributed by atoms with Crippen molar-refractivity contribution in [1.29, 1.82) is 0 Å². The van der Waals surface area contributed by atoms with Crippen LogP contribution in [0.2, 0.25) is 0 Å². The summed E-state index contributed by atoms with van der Waals surface area (Å²) in [7, 11) is 0. The molecule has 1 fully saturated rings. The van der Waals surface area contributed by atoms with Gasteiger partial charge in [0.2, 0.25) is 5.91 Å². The molecule has 32 heavy (non-hydrogen) atoms. The number of nitrogens with zero attached hydrogens (tertiary/aromatic N) is 2. The molecule has 1 aromatic carbocycles. The minimum Gasteiger partial charge on any atom is -0.481 e. The Kier molecular flexibility index (Phi) is 7.06. The van der Waals surface area contributed by atoms with E-state index in [1.807, 2.05) is 32.9 Å². The minimum atomic E-state index is -0.950. The molecule has 1 saturated heterocycles. The first-order valence-corrected chi connectivity index (χ1v) is 10.9. The Morgan fingerprint density at radius 3 is 2.34 bits per heavy atom. The summed E-state index contributed by atoms with van der Waals surface area (Å²) < 4.78 is 5.44. The van der Waals surface area contributed by atoms with Crippen LogP contribution in [0.3, 0.4) is 0 Å². The highest BCUT2D eigenvalue weighted by molar-refractivity contribution is 5.95. The number of amides is 3. The van der Waals surface area contributed by atoms with E-state index in [9.17, 15) is 19.2 Å². The molecule has 1 aromatic rings. The highest BCUT2D eigenvalue weighted by Gasteiger charge is 2.30. The molecule has 0 saturated carbocycles. The van der Waals surface area contributed by atoms with Gasteiger partial charge in [-0.25, -0.2) is 4.79 Å². The van der Waals surface area contributed by atoms with Crippen LogP contribution in [0.15, 0.2) is 18.2 Å². The lowest BCUT2D eigenvalue weighted by Gasteiger charge is -2.31. The maximum atomic E-state index is 13.0. The van der Waals surface area contributed by atoms with Crippen LogP contribution in [0, 0.1) is 5.92 Å². The molecule has 0 radical (unpaired) electrons.